The van der Waals surface area contributed by atoms with Crippen LogP contribution in [-0.4, -0.2) is 19.8 Å². The Morgan fingerprint density at radius 2 is 1.00 bits per heavy atom. The van der Waals surface area contributed by atoms with Crippen molar-refractivity contribution in [2.45, 2.75) is 13.8 Å². The van der Waals surface area contributed by atoms with Gasteiger partial charge in [-0.15, -0.1) is 0 Å². The predicted octanol–water partition coefficient (Wildman–Crippen LogP) is 3.81. The first-order chi connectivity index (χ1) is 7.77. The summed E-state index contributed by atoms with van der Waals surface area (Å²) in [5.74, 6) is 0. The second kappa shape index (κ2) is 13.9. The molecule has 0 heterocycles. The van der Waals surface area contributed by atoms with Gasteiger partial charge in [-0.3, -0.25) is 0 Å². The van der Waals surface area contributed by atoms with E-state index >= 15 is 0 Å². The number of hydrogen-bond donors (Lipinski definition) is 0. The van der Waals surface area contributed by atoms with Crippen LogP contribution in [0.4, 0.5) is 0 Å². The fraction of sp³-hybridized carbons (Fsp3) is 0.143. The van der Waals surface area contributed by atoms with Gasteiger partial charge in [0.05, 0.1) is 0 Å². The molecule has 86 valence electrons. The van der Waals surface area contributed by atoms with Crippen molar-refractivity contribution in [2.75, 3.05) is 0 Å². The smallest absolute Gasteiger partial charge is 0.0312 e. The average Bonchev–Trinajstić information content (AvgIpc) is 2.98. The summed E-state index contributed by atoms with van der Waals surface area (Å²) in [6, 6.07) is 0. The van der Waals surface area contributed by atoms with Crippen LogP contribution in [0.15, 0.2) is 9.70 Å². The third kappa shape index (κ3) is 14.8. The van der Waals surface area contributed by atoms with Crippen LogP contribution in [0.25, 0.3) is 0 Å². The molecule has 2 heteroatoms. The molecule has 0 unspecified atom stereocenters. The van der Waals surface area contributed by atoms with E-state index in [2.05, 4.69) is 18.0 Å². The summed E-state index contributed by atoms with van der Waals surface area (Å²) in [7, 11) is 5.45. The molecule has 0 aromatic rings. The largest absolute Gasteiger partial charge is 0.0312 e. The van der Waals surface area contributed by atoms with Crippen LogP contribution in [0.3, 0.4) is 0 Å². The molecule has 0 bridgehead atoms. The van der Waals surface area contributed by atoms with E-state index in [4.69, 9.17) is 8.96 Å². The van der Waals surface area contributed by atoms with Gasteiger partial charge in [0, 0.05) is 0 Å². The standard InChI is InChI=1S/2C5H5.C4H7ClTe/c2*1-2-4-5-3-1;1-4(2)3-6-5/h2*1-5H;3H,1-2H3. The van der Waals surface area contributed by atoms with Gasteiger partial charge in [-0.25, -0.2) is 0 Å². The molecule has 16 heavy (non-hydrogen) atoms. The fourth-order valence-corrected chi connectivity index (χ4v) is 2.43. The van der Waals surface area contributed by atoms with Crippen molar-refractivity contribution in [3.8, 4) is 0 Å². The molecule has 2 aliphatic rings. The first-order valence-corrected chi connectivity index (χ1v) is 9.31. The molecule has 0 aromatic heterocycles. The van der Waals surface area contributed by atoms with Crippen LogP contribution in [0.2, 0.25) is 0 Å². The quantitative estimate of drug-likeness (QED) is 0.632. The summed E-state index contributed by atoms with van der Waals surface area (Å²) in [5, 5.41) is 0. The number of halogens is 1. The Labute approximate surface area is 116 Å². The molecule has 0 nitrogen and oxygen atoms in total. The normalized spacial score (nSPS) is 17.9. The zero-order chi connectivity index (χ0) is 12.1. The van der Waals surface area contributed by atoms with Crippen LogP contribution in [0, 0.1) is 64.2 Å². The van der Waals surface area contributed by atoms with E-state index in [0.717, 1.165) is 0 Å². The van der Waals surface area contributed by atoms with Crippen LogP contribution < -0.4 is 0 Å². The van der Waals surface area contributed by atoms with E-state index in [1.54, 1.807) is 0 Å². The van der Waals surface area contributed by atoms with Gasteiger partial charge in [-0.1, -0.05) is 0 Å². The maximum Gasteiger partial charge on any atom is -0.0312 e. The maximum atomic E-state index is 5.45. The summed E-state index contributed by atoms with van der Waals surface area (Å²) in [5.41, 5.74) is 1.34. The topological polar surface area (TPSA) is 0 Å². The number of rotatable bonds is 1. The molecule has 0 spiro atoms. The van der Waals surface area contributed by atoms with Gasteiger partial charge in [0.15, 0.2) is 0 Å². The molecule has 0 atom stereocenters. The van der Waals surface area contributed by atoms with Crippen LogP contribution in [0.1, 0.15) is 13.8 Å². The van der Waals surface area contributed by atoms with E-state index in [0.29, 0.717) is 0 Å². The average molecular weight is 348 g/mol. The SMILES string of the molecule is CC(C)=C[Te]Cl.[CH]1[CH][CH][CH][CH]1.[CH]1[CH][CH][CH][CH]1. The molecule has 0 aliphatic heterocycles. The van der Waals surface area contributed by atoms with E-state index in [-0.39, 0.29) is 19.8 Å². The maximum absolute atomic E-state index is 5.45. The Morgan fingerprint density at radius 1 is 0.750 bits per heavy atom. The minimum atomic E-state index is -0.262. The Hall–Kier alpha value is 0.820. The molecule has 2 rings (SSSR count). The molecule has 0 aromatic carbocycles. The summed E-state index contributed by atoms with van der Waals surface area (Å²) in [6.07, 6.45) is 20.0. The van der Waals surface area contributed by atoms with Crippen LogP contribution in [0.5, 0.6) is 0 Å². The Kier molecular flexibility index (Phi) is 14.6. The summed E-state index contributed by atoms with van der Waals surface area (Å²) in [6.45, 7) is 4.13. The molecule has 10 radical (unpaired) electrons. The van der Waals surface area contributed by atoms with Crippen LogP contribution >= 0.6 is 8.96 Å². The van der Waals surface area contributed by atoms with Gasteiger partial charge in [0.2, 0.25) is 0 Å². The molecular formula is C14H17ClTe. The molecule has 2 saturated carbocycles. The second-order valence-electron chi connectivity index (χ2n) is 3.21. The van der Waals surface area contributed by atoms with Crippen molar-refractivity contribution in [3.05, 3.63) is 73.9 Å². The van der Waals surface area contributed by atoms with Crippen molar-refractivity contribution < 1.29 is 0 Å². The zero-order valence-corrected chi connectivity index (χ0v) is 12.7. The summed E-state index contributed by atoms with van der Waals surface area (Å²) in [4.78, 5) is 0. The van der Waals surface area contributed by atoms with Crippen molar-refractivity contribution in [1.29, 1.82) is 0 Å². The molecule has 0 N–H and O–H groups in total. The molecule has 2 fully saturated rings. The zero-order valence-electron chi connectivity index (χ0n) is 9.64. The van der Waals surface area contributed by atoms with Crippen molar-refractivity contribution in [1.82, 2.24) is 0 Å². The van der Waals surface area contributed by atoms with Crippen molar-refractivity contribution in [3.63, 3.8) is 0 Å². The van der Waals surface area contributed by atoms with Gasteiger partial charge in [-0.05, 0) is 64.2 Å². The Morgan fingerprint density at radius 3 is 1.06 bits per heavy atom. The van der Waals surface area contributed by atoms with E-state index in [1.807, 2.05) is 64.2 Å². The summed E-state index contributed by atoms with van der Waals surface area (Å²) >= 11 is -0.262. The monoisotopic (exact) mass is 350 g/mol. The number of hydrogen-bond acceptors (Lipinski definition) is 0. The van der Waals surface area contributed by atoms with Crippen molar-refractivity contribution in [2.24, 2.45) is 0 Å². The Balaban J connectivity index is 0.000000211. The molecular weight excluding hydrogens is 331 g/mol. The molecule has 2 aliphatic carbocycles. The van der Waals surface area contributed by atoms with Gasteiger partial charge < -0.3 is 0 Å². The van der Waals surface area contributed by atoms with E-state index in [1.165, 1.54) is 5.57 Å². The number of allylic oxidation sites excluding steroid dienone is 1. The van der Waals surface area contributed by atoms with Gasteiger partial charge in [-0.2, -0.15) is 0 Å². The van der Waals surface area contributed by atoms with Gasteiger partial charge in [0.25, 0.3) is 0 Å². The second-order valence-corrected chi connectivity index (χ2v) is 5.59. The first-order valence-electron chi connectivity index (χ1n) is 5.01. The van der Waals surface area contributed by atoms with E-state index in [9.17, 15) is 0 Å². The van der Waals surface area contributed by atoms with E-state index < -0.39 is 0 Å². The minimum Gasteiger partial charge on any atom is -0.0312 e. The summed E-state index contributed by atoms with van der Waals surface area (Å²) < 4.78 is 2.10. The minimum absolute atomic E-state index is 0.262. The third-order valence-corrected chi connectivity index (χ3v) is 3.59. The third-order valence-electron chi connectivity index (χ3n) is 1.39. The van der Waals surface area contributed by atoms with Gasteiger partial charge in [0.1, 0.15) is 0 Å². The van der Waals surface area contributed by atoms with Crippen molar-refractivity contribution >= 4 is 28.8 Å². The molecule has 0 saturated heterocycles. The Bertz CT molecular complexity index is 129. The first kappa shape index (κ1) is 16.8. The molecule has 0 amide bonds. The van der Waals surface area contributed by atoms with Gasteiger partial charge >= 0.3 is 52.3 Å². The predicted molar refractivity (Wildman–Crippen MR) is 74.0 cm³/mol. The fourth-order valence-electron chi connectivity index (χ4n) is 0.731. The van der Waals surface area contributed by atoms with Crippen LogP contribution in [-0.2, 0) is 0 Å².